The van der Waals surface area contributed by atoms with Crippen molar-refractivity contribution in [3.8, 4) is 0 Å². The summed E-state index contributed by atoms with van der Waals surface area (Å²) >= 11 is 0. The van der Waals surface area contributed by atoms with Gasteiger partial charge >= 0.3 is 0 Å². The second kappa shape index (κ2) is 4.80. The van der Waals surface area contributed by atoms with Crippen LogP contribution in [0.15, 0.2) is 0 Å². The van der Waals surface area contributed by atoms with Crippen LogP contribution < -0.4 is 5.32 Å². The average Bonchev–Trinajstić information content (AvgIpc) is 2.47. The molecule has 72 valence electrons. The van der Waals surface area contributed by atoms with E-state index in [9.17, 15) is 4.39 Å². The highest BCUT2D eigenvalue weighted by Crippen LogP contribution is 2.26. The van der Waals surface area contributed by atoms with Gasteiger partial charge in [-0.25, -0.2) is 4.39 Å². The van der Waals surface area contributed by atoms with Crippen LogP contribution in [-0.2, 0) is 0 Å². The molecule has 0 saturated carbocycles. The van der Waals surface area contributed by atoms with Crippen molar-refractivity contribution in [1.29, 1.82) is 0 Å². The van der Waals surface area contributed by atoms with Gasteiger partial charge in [-0.3, -0.25) is 0 Å². The summed E-state index contributed by atoms with van der Waals surface area (Å²) in [6.07, 6.45) is 6.23. The summed E-state index contributed by atoms with van der Waals surface area (Å²) < 4.78 is 13.7. The molecule has 1 atom stereocenters. The average molecular weight is 173 g/mol. The van der Waals surface area contributed by atoms with Crippen molar-refractivity contribution in [3.63, 3.8) is 0 Å². The molecule has 1 rings (SSSR count). The van der Waals surface area contributed by atoms with E-state index < -0.39 is 5.67 Å². The molecular weight excluding hydrogens is 153 g/mol. The lowest BCUT2D eigenvalue weighted by Crippen LogP contribution is -2.25. The molecule has 1 aliphatic rings. The van der Waals surface area contributed by atoms with Crippen LogP contribution in [0, 0.1) is 0 Å². The maximum atomic E-state index is 13.7. The van der Waals surface area contributed by atoms with Crippen LogP contribution in [0.2, 0.25) is 0 Å². The Hall–Kier alpha value is -0.110. The number of alkyl halides is 1. The van der Waals surface area contributed by atoms with Gasteiger partial charge in [-0.15, -0.1) is 0 Å². The Balaban J connectivity index is 2.05. The van der Waals surface area contributed by atoms with Crippen LogP contribution in [0.4, 0.5) is 4.39 Å². The van der Waals surface area contributed by atoms with E-state index in [1.165, 1.54) is 19.3 Å². The number of rotatable bonds is 5. The van der Waals surface area contributed by atoms with Crippen LogP contribution in [0.25, 0.3) is 0 Å². The van der Waals surface area contributed by atoms with Gasteiger partial charge in [-0.1, -0.05) is 32.6 Å². The summed E-state index contributed by atoms with van der Waals surface area (Å²) in [4.78, 5) is 0. The van der Waals surface area contributed by atoms with Crippen molar-refractivity contribution in [3.05, 3.63) is 0 Å². The third kappa shape index (κ3) is 3.10. The Kier molecular flexibility index (Phi) is 3.99. The zero-order valence-corrected chi connectivity index (χ0v) is 8.03. The van der Waals surface area contributed by atoms with Gasteiger partial charge in [0.2, 0.25) is 0 Å². The molecule has 0 amide bonds. The zero-order chi connectivity index (χ0) is 8.86. The Labute approximate surface area is 74.7 Å². The van der Waals surface area contributed by atoms with Gasteiger partial charge in [0, 0.05) is 6.54 Å². The molecule has 2 heteroatoms. The summed E-state index contributed by atoms with van der Waals surface area (Å²) in [6, 6.07) is 0. The predicted molar refractivity (Wildman–Crippen MR) is 50.1 cm³/mol. The lowest BCUT2D eigenvalue weighted by molar-refractivity contribution is 0.170. The van der Waals surface area contributed by atoms with Gasteiger partial charge in [0.15, 0.2) is 0 Å². The number of hydrogen-bond acceptors (Lipinski definition) is 1. The second-order valence-electron chi connectivity index (χ2n) is 3.89. The molecule has 1 N–H and O–H groups in total. The molecule has 0 aliphatic carbocycles. The summed E-state index contributed by atoms with van der Waals surface area (Å²) in [7, 11) is 0. The fourth-order valence-electron chi connectivity index (χ4n) is 1.80. The van der Waals surface area contributed by atoms with Gasteiger partial charge in [-0.05, 0) is 19.4 Å². The molecule has 0 spiro atoms. The highest BCUT2D eigenvalue weighted by atomic mass is 19.1. The minimum atomic E-state index is -0.867. The minimum Gasteiger partial charge on any atom is -0.313 e. The maximum Gasteiger partial charge on any atom is 0.124 e. The minimum absolute atomic E-state index is 0.582. The van der Waals surface area contributed by atoms with Crippen LogP contribution in [0.3, 0.4) is 0 Å². The monoisotopic (exact) mass is 173 g/mol. The van der Waals surface area contributed by atoms with E-state index in [0.29, 0.717) is 6.54 Å². The van der Waals surface area contributed by atoms with E-state index in [1.807, 2.05) is 0 Å². The highest BCUT2D eigenvalue weighted by molar-refractivity contribution is 4.87. The third-order valence-electron chi connectivity index (χ3n) is 2.67. The van der Waals surface area contributed by atoms with E-state index >= 15 is 0 Å². The molecule has 1 heterocycles. The van der Waals surface area contributed by atoms with Crippen molar-refractivity contribution in [1.82, 2.24) is 5.32 Å². The van der Waals surface area contributed by atoms with Gasteiger partial charge in [0.1, 0.15) is 5.67 Å². The van der Waals surface area contributed by atoms with E-state index in [-0.39, 0.29) is 0 Å². The molecule has 0 radical (unpaired) electrons. The van der Waals surface area contributed by atoms with Crippen molar-refractivity contribution < 1.29 is 4.39 Å². The van der Waals surface area contributed by atoms with E-state index in [1.54, 1.807) is 0 Å². The zero-order valence-electron chi connectivity index (χ0n) is 8.03. The van der Waals surface area contributed by atoms with Crippen LogP contribution in [-0.4, -0.2) is 18.8 Å². The number of halogens is 1. The largest absolute Gasteiger partial charge is 0.313 e. The smallest absolute Gasteiger partial charge is 0.124 e. The fourth-order valence-corrected chi connectivity index (χ4v) is 1.80. The Morgan fingerprint density at radius 2 is 2.17 bits per heavy atom. The topological polar surface area (TPSA) is 12.0 Å². The normalized spacial score (nSPS) is 29.5. The van der Waals surface area contributed by atoms with Crippen molar-refractivity contribution >= 4 is 0 Å². The van der Waals surface area contributed by atoms with Crippen LogP contribution in [0.1, 0.15) is 45.4 Å². The van der Waals surface area contributed by atoms with Gasteiger partial charge in [0.05, 0.1) is 0 Å². The standard InChI is InChI=1S/C10H20FN/c1-2-3-4-5-6-10(11)7-8-12-9-10/h12H,2-9H2,1H3. The maximum absolute atomic E-state index is 13.7. The second-order valence-corrected chi connectivity index (χ2v) is 3.89. The van der Waals surface area contributed by atoms with Crippen molar-refractivity contribution in [2.75, 3.05) is 13.1 Å². The summed E-state index contributed by atoms with van der Waals surface area (Å²) in [5.74, 6) is 0. The van der Waals surface area contributed by atoms with E-state index in [2.05, 4.69) is 12.2 Å². The molecule has 1 nitrogen and oxygen atoms in total. The number of unbranched alkanes of at least 4 members (excludes halogenated alkanes) is 3. The number of nitrogens with one attached hydrogen (secondary N) is 1. The number of hydrogen-bond donors (Lipinski definition) is 1. The third-order valence-corrected chi connectivity index (χ3v) is 2.67. The molecule has 1 saturated heterocycles. The van der Waals surface area contributed by atoms with E-state index in [0.717, 1.165) is 25.8 Å². The Morgan fingerprint density at radius 1 is 1.33 bits per heavy atom. The molecule has 0 aromatic carbocycles. The van der Waals surface area contributed by atoms with Crippen LogP contribution >= 0.6 is 0 Å². The molecule has 12 heavy (non-hydrogen) atoms. The molecule has 0 bridgehead atoms. The van der Waals surface area contributed by atoms with Crippen molar-refractivity contribution in [2.24, 2.45) is 0 Å². The Bertz CT molecular complexity index is 119. The van der Waals surface area contributed by atoms with Gasteiger partial charge in [0.25, 0.3) is 0 Å². The molecule has 0 aromatic rings. The predicted octanol–water partition coefficient (Wildman–Crippen LogP) is 2.66. The summed E-state index contributed by atoms with van der Waals surface area (Å²) in [5.41, 5.74) is -0.867. The van der Waals surface area contributed by atoms with E-state index in [4.69, 9.17) is 0 Å². The summed E-state index contributed by atoms with van der Waals surface area (Å²) in [5, 5.41) is 3.08. The van der Waals surface area contributed by atoms with Gasteiger partial charge in [-0.2, -0.15) is 0 Å². The van der Waals surface area contributed by atoms with Crippen LogP contribution in [0.5, 0.6) is 0 Å². The first-order valence-electron chi connectivity index (χ1n) is 5.16. The lowest BCUT2D eigenvalue weighted by Gasteiger charge is -2.17. The first-order chi connectivity index (χ1) is 5.77. The molecule has 1 fully saturated rings. The molecule has 1 unspecified atom stereocenters. The quantitative estimate of drug-likeness (QED) is 0.630. The molecular formula is C10H20FN. The highest BCUT2D eigenvalue weighted by Gasteiger charge is 2.32. The first kappa shape index (κ1) is 9.97. The lowest BCUT2D eigenvalue weighted by atomic mass is 9.97. The summed E-state index contributed by atoms with van der Waals surface area (Å²) in [6.45, 7) is 3.63. The van der Waals surface area contributed by atoms with Gasteiger partial charge < -0.3 is 5.32 Å². The SMILES string of the molecule is CCCCCCC1(F)CCNC1. The molecule has 1 aliphatic heterocycles. The molecule has 0 aromatic heterocycles. The fraction of sp³-hybridized carbons (Fsp3) is 1.00. The van der Waals surface area contributed by atoms with Crippen molar-refractivity contribution in [2.45, 2.75) is 51.1 Å². The Morgan fingerprint density at radius 3 is 2.75 bits per heavy atom. The first-order valence-corrected chi connectivity index (χ1v) is 5.16.